The number of aromatic hydroxyl groups is 1. The van der Waals surface area contributed by atoms with Gasteiger partial charge in [0.05, 0.1) is 6.04 Å². The van der Waals surface area contributed by atoms with Crippen LogP contribution >= 0.6 is 0 Å². The number of phenolic OH excluding ortho intramolecular Hbond substituents is 1. The molecule has 208 valence electrons. The third kappa shape index (κ3) is 12.6. The number of carbonyl (C=O) groups is 4. The Kier molecular flexibility index (Phi) is 14.9. The summed E-state index contributed by atoms with van der Waals surface area (Å²) in [7, 11) is 0. The summed E-state index contributed by atoms with van der Waals surface area (Å²) in [6.07, 6.45) is 4.93. The quantitative estimate of drug-likeness (QED) is 0.161. The lowest BCUT2D eigenvalue weighted by Crippen LogP contribution is -2.57. The molecule has 0 radical (unpaired) electrons. The predicted molar refractivity (Wildman–Crippen MR) is 142 cm³/mol. The molecule has 0 saturated heterocycles. The molecule has 37 heavy (non-hydrogen) atoms. The number of phenols is 1. The number of unbranched alkanes of at least 4 members (excludes halogenated alkanes) is 3. The maximum absolute atomic E-state index is 13.3. The van der Waals surface area contributed by atoms with Crippen LogP contribution in [0.15, 0.2) is 24.3 Å². The van der Waals surface area contributed by atoms with Gasteiger partial charge in [-0.25, -0.2) is 0 Å². The second-order valence-corrected chi connectivity index (χ2v) is 9.55. The summed E-state index contributed by atoms with van der Waals surface area (Å²) in [5.41, 5.74) is 6.74. The van der Waals surface area contributed by atoms with Gasteiger partial charge in [0, 0.05) is 19.4 Å². The molecule has 0 aliphatic rings. The number of carboxylic acid groups (broad SMARTS) is 1. The minimum atomic E-state index is -0.958. The van der Waals surface area contributed by atoms with Gasteiger partial charge in [0.15, 0.2) is 0 Å². The molecule has 0 aliphatic heterocycles. The van der Waals surface area contributed by atoms with Crippen molar-refractivity contribution in [3.63, 3.8) is 0 Å². The van der Waals surface area contributed by atoms with E-state index in [9.17, 15) is 24.3 Å². The van der Waals surface area contributed by atoms with E-state index < -0.39 is 35.9 Å². The molecule has 0 saturated carbocycles. The van der Waals surface area contributed by atoms with Gasteiger partial charge in [-0.1, -0.05) is 58.6 Å². The molecule has 0 fully saturated rings. The van der Waals surface area contributed by atoms with Crippen molar-refractivity contribution in [3.8, 4) is 5.75 Å². The lowest BCUT2D eigenvalue weighted by molar-refractivity contribution is -0.137. The molecule has 1 aromatic rings. The predicted octanol–water partition coefficient (Wildman–Crippen LogP) is 2.23. The molecule has 3 amide bonds. The van der Waals surface area contributed by atoms with Crippen molar-refractivity contribution in [1.29, 1.82) is 0 Å². The van der Waals surface area contributed by atoms with Crippen LogP contribution in [0.4, 0.5) is 0 Å². The molecule has 0 unspecified atom stereocenters. The maximum Gasteiger partial charge on any atom is 0.303 e. The number of nitrogens with one attached hydrogen (secondary N) is 3. The number of carboxylic acids is 1. The highest BCUT2D eigenvalue weighted by Gasteiger charge is 2.30. The van der Waals surface area contributed by atoms with E-state index in [1.54, 1.807) is 12.1 Å². The van der Waals surface area contributed by atoms with Gasteiger partial charge in [0.25, 0.3) is 0 Å². The number of rotatable bonds is 18. The van der Waals surface area contributed by atoms with E-state index in [2.05, 4.69) is 16.0 Å². The van der Waals surface area contributed by atoms with Gasteiger partial charge >= 0.3 is 5.97 Å². The minimum Gasteiger partial charge on any atom is -0.508 e. The molecule has 1 rings (SSSR count). The van der Waals surface area contributed by atoms with Gasteiger partial charge < -0.3 is 31.9 Å². The molecule has 0 heterocycles. The summed E-state index contributed by atoms with van der Waals surface area (Å²) in [6.45, 7) is 6.17. The average Bonchev–Trinajstić information content (AvgIpc) is 2.87. The maximum atomic E-state index is 13.3. The van der Waals surface area contributed by atoms with Crippen molar-refractivity contribution in [2.45, 2.75) is 96.7 Å². The van der Waals surface area contributed by atoms with Crippen LogP contribution < -0.4 is 21.7 Å². The summed E-state index contributed by atoms with van der Waals surface area (Å²) >= 11 is 0. The van der Waals surface area contributed by atoms with Gasteiger partial charge in [0.2, 0.25) is 17.7 Å². The molecule has 0 bridgehead atoms. The first-order valence-corrected chi connectivity index (χ1v) is 13.2. The van der Waals surface area contributed by atoms with Crippen molar-refractivity contribution in [3.05, 3.63) is 29.8 Å². The van der Waals surface area contributed by atoms with Crippen LogP contribution in [0.25, 0.3) is 0 Å². The first kappa shape index (κ1) is 31.9. The van der Waals surface area contributed by atoms with E-state index >= 15 is 0 Å². The van der Waals surface area contributed by atoms with E-state index in [4.69, 9.17) is 10.8 Å². The third-order valence-corrected chi connectivity index (χ3v) is 6.37. The molecule has 0 aliphatic carbocycles. The topological polar surface area (TPSA) is 171 Å². The van der Waals surface area contributed by atoms with E-state index in [0.717, 1.165) is 18.4 Å². The standard InChI is InChI=1S/C27H44N4O6/c1-4-6-10-21(28)25(35)30-22(17-19-12-14-20(32)15-13-19)26(36)31-24(18(3)5-2)27(37)29-16-9-7-8-11-23(33)34/h12-15,18,21-22,24,32H,4-11,16-17,28H2,1-3H3,(H,29,37)(H,30,35)(H,31,36)(H,33,34)/t18-,21-,22-,24-/m0/s1. The highest BCUT2D eigenvalue weighted by atomic mass is 16.4. The third-order valence-electron chi connectivity index (χ3n) is 6.37. The molecular weight excluding hydrogens is 476 g/mol. The Bertz CT molecular complexity index is 861. The summed E-state index contributed by atoms with van der Waals surface area (Å²) in [5.74, 6) is -2.16. The van der Waals surface area contributed by atoms with Crippen molar-refractivity contribution < 1.29 is 29.4 Å². The number of amides is 3. The van der Waals surface area contributed by atoms with Crippen LogP contribution in [0, 0.1) is 5.92 Å². The van der Waals surface area contributed by atoms with E-state index in [1.165, 1.54) is 12.1 Å². The first-order chi connectivity index (χ1) is 17.6. The summed E-state index contributed by atoms with van der Waals surface area (Å²) < 4.78 is 0. The zero-order chi connectivity index (χ0) is 27.8. The Hall–Kier alpha value is -3.14. The highest BCUT2D eigenvalue weighted by Crippen LogP contribution is 2.13. The Morgan fingerprint density at radius 2 is 1.59 bits per heavy atom. The van der Waals surface area contributed by atoms with Crippen LogP contribution in [0.3, 0.4) is 0 Å². The van der Waals surface area contributed by atoms with Gasteiger partial charge in [-0.15, -0.1) is 0 Å². The number of hydrogen-bond donors (Lipinski definition) is 6. The van der Waals surface area contributed by atoms with Crippen molar-refractivity contribution in [1.82, 2.24) is 16.0 Å². The largest absolute Gasteiger partial charge is 0.508 e. The van der Waals surface area contributed by atoms with Crippen molar-refractivity contribution in [2.24, 2.45) is 11.7 Å². The van der Waals surface area contributed by atoms with Crippen LogP contribution in [-0.2, 0) is 25.6 Å². The van der Waals surface area contributed by atoms with E-state index in [0.29, 0.717) is 38.6 Å². The second-order valence-electron chi connectivity index (χ2n) is 9.55. The van der Waals surface area contributed by atoms with Crippen LogP contribution in [-0.4, -0.2) is 58.6 Å². The number of benzene rings is 1. The number of hydrogen-bond acceptors (Lipinski definition) is 6. The number of nitrogens with two attached hydrogens (primary N) is 1. The fraction of sp³-hybridized carbons (Fsp3) is 0.630. The van der Waals surface area contributed by atoms with E-state index in [-0.39, 0.29) is 30.4 Å². The number of aliphatic carboxylic acids is 1. The normalized spacial score (nSPS) is 14.2. The Morgan fingerprint density at radius 1 is 0.919 bits per heavy atom. The fourth-order valence-electron chi connectivity index (χ4n) is 3.77. The van der Waals surface area contributed by atoms with E-state index in [1.807, 2.05) is 20.8 Å². The second kappa shape index (κ2) is 17.3. The molecule has 7 N–H and O–H groups in total. The van der Waals surface area contributed by atoms with Crippen LogP contribution in [0.5, 0.6) is 5.75 Å². The Labute approximate surface area is 219 Å². The monoisotopic (exact) mass is 520 g/mol. The molecule has 1 aromatic carbocycles. The Morgan fingerprint density at radius 3 is 2.19 bits per heavy atom. The smallest absolute Gasteiger partial charge is 0.303 e. The van der Waals surface area contributed by atoms with Crippen LogP contribution in [0.2, 0.25) is 0 Å². The van der Waals surface area contributed by atoms with Crippen molar-refractivity contribution in [2.75, 3.05) is 6.54 Å². The molecule has 0 spiro atoms. The van der Waals surface area contributed by atoms with Crippen LogP contribution in [0.1, 0.15) is 77.7 Å². The summed E-state index contributed by atoms with van der Waals surface area (Å²) in [6, 6.07) is 3.84. The zero-order valence-corrected chi connectivity index (χ0v) is 22.3. The van der Waals surface area contributed by atoms with Crippen molar-refractivity contribution >= 4 is 23.7 Å². The highest BCUT2D eigenvalue weighted by molar-refractivity contribution is 5.93. The minimum absolute atomic E-state index is 0.0897. The molecule has 10 nitrogen and oxygen atoms in total. The first-order valence-electron chi connectivity index (χ1n) is 13.2. The molecule has 4 atom stereocenters. The van der Waals surface area contributed by atoms with Gasteiger partial charge in [-0.2, -0.15) is 0 Å². The SMILES string of the molecule is CCCC[C@H](N)C(=O)N[C@@H](Cc1ccc(O)cc1)C(=O)N[C@H](C(=O)NCCCCCC(=O)O)[C@@H](C)CC. The van der Waals surface area contributed by atoms with Gasteiger partial charge in [0.1, 0.15) is 17.8 Å². The lowest BCUT2D eigenvalue weighted by Gasteiger charge is -2.27. The van der Waals surface area contributed by atoms with Gasteiger partial charge in [-0.3, -0.25) is 19.2 Å². The molecular formula is C27H44N4O6. The Balaban J connectivity index is 2.90. The lowest BCUT2D eigenvalue weighted by atomic mass is 9.97. The van der Waals surface area contributed by atoms with Gasteiger partial charge in [-0.05, 0) is 42.9 Å². The molecule has 0 aromatic heterocycles. The fourth-order valence-corrected chi connectivity index (χ4v) is 3.77. The zero-order valence-electron chi connectivity index (χ0n) is 22.3. The molecule has 10 heteroatoms. The summed E-state index contributed by atoms with van der Waals surface area (Å²) in [5, 5.41) is 26.7. The number of carbonyl (C=O) groups excluding carboxylic acids is 3. The summed E-state index contributed by atoms with van der Waals surface area (Å²) in [4.78, 5) is 49.6. The average molecular weight is 521 g/mol.